The van der Waals surface area contributed by atoms with E-state index in [-0.39, 0.29) is 5.91 Å². The molecule has 1 atom stereocenters. The van der Waals surface area contributed by atoms with E-state index < -0.39 is 5.25 Å². The quantitative estimate of drug-likeness (QED) is 0.130. The third-order valence-electron chi connectivity index (χ3n) is 5.66. The Bertz CT molecular complexity index is 1530. The summed E-state index contributed by atoms with van der Waals surface area (Å²) in [6, 6.07) is 25.2. The third kappa shape index (κ3) is 5.84. The molecule has 0 saturated heterocycles. The molecule has 0 aliphatic carbocycles. The molecule has 1 amide bonds. The van der Waals surface area contributed by atoms with Gasteiger partial charge in [-0.2, -0.15) is 5.10 Å². The lowest BCUT2D eigenvalue weighted by molar-refractivity contribution is -0.120. The highest BCUT2D eigenvalue weighted by molar-refractivity contribution is 8.00. The number of aromatic nitrogens is 4. The fourth-order valence-electron chi connectivity index (χ4n) is 3.75. The predicted molar refractivity (Wildman–Crippen MR) is 149 cm³/mol. The van der Waals surface area contributed by atoms with Crippen LogP contribution in [0.3, 0.4) is 0 Å². The number of carbonyl (C=O) groups excluding carboxylic acids is 1. The molecular formula is C27H24ClN7OS. The van der Waals surface area contributed by atoms with Crippen molar-refractivity contribution >= 4 is 52.1 Å². The highest BCUT2D eigenvalue weighted by Gasteiger charge is 2.21. The monoisotopic (exact) mass is 529 g/mol. The van der Waals surface area contributed by atoms with Crippen molar-refractivity contribution in [2.45, 2.75) is 23.9 Å². The van der Waals surface area contributed by atoms with Gasteiger partial charge in [0, 0.05) is 39.1 Å². The van der Waals surface area contributed by atoms with Gasteiger partial charge in [-0.05, 0) is 49.4 Å². The number of fused-ring (bicyclic) bond motifs is 1. The first kappa shape index (κ1) is 24.6. The van der Waals surface area contributed by atoms with Crippen molar-refractivity contribution in [3.05, 3.63) is 101 Å². The van der Waals surface area contributed by atoms with Gasteiger partial charge in [-0.3, -0.25) is 9.36 Å². The van der Waals surface area contributed by atoms with E-state index in [1.165, 1.54) is 11.8 Å². The molecule has 0 saturated carbocycles. The number of amides is 1. The summed E-state index contributed by atoms with van der Waals surface area (Å²) in [5, 5.41) is 18.2. The van der Waals surface area contributed by atoms with Crippen LogP contribution >= 0.6 is 23.4 Å². The maximum absolute atomic E-state index is 12.8. The molecule has 0 aliphatic heterocycles. The molecule has 186 valence electrons. The zero-order valence-corrected chi connectivity index (χ0v) is 21.5. The lowest BCUT2D eigenvalue weighted by Crippen LogP contribution is -2.27. The van der Waals surface area contributed by atoms with Crippen LogP contribution in [0, 0.1) is 0 Å². The fraction of sp³-hybridized carbons (Fsp3) is 0.111. The average Bonchev–Trinajstić information content (AvgIpc) is 3.52. The Morgan fingerprint density at radius 2 is 1.84 bits per heavy atom. The number of H-pyrrole nitrogens is 1. The Balaban J connectivity index is 1.29. The molecule has 8 nitrogen and oxygen atoms in total. The van der Waals surface area contributed by atoms with Crippen LogP contribution in [0.2, 0.25) is 5.02 Å². The number of hydrogen-bond donors (Lipinski definition) is 3. The molecule has 0 aliphatic rings. The van der Waals surface area contributed by atoms with Gasteiger partial charge in [0.1, 0.15) is 0 Å². The fourth-order valence-corrected chi connectivity index (χ4v) is 4.75. The van der Waals surface area contributed by atoms with Crippen molar-refractivity contribution in [2.24, 2.45) is 5.10 Å². The van der Waals surface area contributed by atoms with E-state index in [9.17, 15) is 4.79 Å². The Kier molecular flexibility index (Phi) is 7.53. The maximum atomic E-state index is 12.8. The second-order valence-corrected chi connectivity index (χ2v) is 9.96. The summed E-state index contributed by atoms with van der Waals surface area (Å²) in [6.07, 6.45) is 3.50. The highest BCUT2D eigenvalue weighted by Crippen LogP contribution is 2.26. The van der Waals surface area contributed by atoms with Gasteiger partial charge in [-0.1, -0.05) is 59.8 Å². The molecule has 5 aromatic rings. The summed E-state index contributed by atoms with van der Waals surface area (Å²) in [4.78, 5) is 16.0. The Morgan fingerprint density at radius 3 is 2.65 bits per heavy atom. The molecule has 3 N–H and O–H groups in total. The van der Waals surface area contributed by atoms with Crippen molar-refractivity contribution in [2.75, 3.05) is 5.32 Å². The first-order chi connectivity index (χ1) is 18.1. The number of thioether (sulfide) groups is 1. The van der Waals surface area contributed by atoms with Gasteiger partial charge in [0.15, 0.2) is 11.0 Å². The summed E-state index contributed by atoms with van der Waals surface area (Å²) in [7, 11) is 0. The van der Waals surface area contributed by atoms with Gasteiger partial charge in [0.2, 0.25) is 0 Å². The van der Waals surface area contributed by atoms with E-state index in [4.69, 9.17) is 11.6 Å². The first-order valence-electron chi connectivity index (χ1n) is 11.6. The second-order valence-electron chi connectivity index (χ2n) is 8.21. The van der Waals surface area contributed by atoms with E-state index in [1.54, 1.807) is 6.21 Å². The zero-order chi connectivity index (χ0) is 25.6. The Labute approximate surface area is 223 Å². The van der Waals surface area contributed by atoms with Crippen LogP contribution in [-0.2, 0) is 11.3 Å². The van der Waals surface area contributed by atoms with Crippen molar-refractivity contribution in [1.82, 2.24) is 25.2 Å². The topological polar surface area (TPSA) is 100.0 Å². The minimum absolute atomic E-state index is 0.232. The number of rotatable bonds is 9. The van der Waals surface area contributed by atoms with Gasteiger partial charge < -0.3 is 10.3 Å². The van der Waals surface area contributed by atoms with Crippen LogP contribution in [0.4, 0.5) is 5.69 Å². The number of anilines is 1. The number of carbonyl (C=O) groups is 1. The van der Waals surface area contributed by atoms with Gasteiger partial charge >= 0.3 is 0 Å². The number of nitrogens with zero attached hydrogens (tertiary/aromatic N) is 4. The summed E-state index contributed by atoms with van der Waals surface area (Å²) < 4.78 is 1.95. The highest BCUT2D eigenvalue weighted by atomic mass is 35.5. The molecular weight excluding hydrogens is 506 g/mol. The number of nitrogens with one attached hydrogen (secondary N) is 3. The lowest BCUT2D eigenvalue weighted by atomic mass is 10.2. The van der Waals surface area contributed by atoms with Gasteiger partial charge in [0.05, 0.1) is 18.0 Å². The van der Waals surface area contributed by atoms with Crippen molar-refractivity contribution in [1.29, 1.82) is 0 Å². The smallest absolute Gasteiger partial charge is 0.253 e. The number of halogens is 1. The zero-order valence-electron chi connectivity index (χ0n) is 19.9. The first-order valence-corrected chi connectivity index (χ1v) is 12.9. The van der Waals surface area contributed by atoms with Crippen LogP contribution in [0.25, 0.3) is 16.6 Å². The predicted octanol–water partition coefficient (Wildman–Crippen LogP) is 5.65. The van der Waals surface area contributed by atoms with E-state index in [0.717, 1.165) is 27.8 Å². The molecule has 0 bridgehead atoms. The minimum atomic E-state index is -0.455. The van der Waals surface area contributed by atoms with E-state index in [2.05, 4.69) is 31.0 Å². The molecule has 5 rings (SSSR count). The Morgan fingerprint density at radius 1 is 1.08 bits per heavy atom. The number of para-hydroxylation sites is 2. The summed E-state index contributed by atoms with van der Waals surface area (Å²) >= 11 is 7.31. The van der Waals surface area contributed by atoms with Crippen molar-refractivity contribution < 1.29 is 4.79 Å². The number of benzene rings is 3. The van der Waals surface area contributed by atoms with Gasteiger partial charge in [-0.25, -0.2) is 5.43 Å². The largest absolute Gasteiger partial charge is 0.378 e. The van der Waals surface area contributed by atoms with E-state index in [1.807, 2.05) is 96.6 Å². The molecule has 0 radical (unpaired) electrons. The molecule has 2 aromatic heterocycles. The lowest BCUT2D eigenvalue weighted by Gasteiger charge is -2.13. The van der Waals surface area contributed by atoms with Crippen LogP contribution in [0.15, 0.2) is 95.3 Å². The molecule has 0 unspecified atom stereocenters. The van der Waals surface area contributed by atoms with Gasteiger partial charge in [0.25, 0.3) is 5.91 Å². The number of hydrogen-bond acceptors (Lipinski definition) is 6. The molecule has 0 spiro atoms. The standard InChI is InChI=1S/C27H24ClN7OS/c1-18(26(36)33-31-16-19-15-30-24-10-6-5-9-23(19)24)37-27-34-32-25(35(27)22-7-3-2-4-8-22)17-29-21-13-11-20(28)12-14-21/h2-16,18,29-30H,17H2,1H3,(H,33,36)/t18-/m0/s1. The number of aromatic amines is 1. The summed E-state index contributed by atoms with van der Waals surface area (Å²) in [6.45, 7) is 2.26. The normalized spacial score (nSPS) is 12.2. The maximum Gasteiger partial charge on any atom is 0.253 e. The minimum Gasteiger partial charge on any atom is -0.378 e. The summed E-state index contributed by atoms with van der Waals surface area (Å²) in [5.74, 6) is 0.484. The molecule has 10 heteroatoms. The van der Waals surface area contributed by atoms with Crippen LogP contribution < -0.4 is 10.7 Å². The van der Waals surface area contributed by atoms with Gasteiger partial charge in [-0.15, -0.1) is 10.2 Å². The molecule has 0 fully saturated rings. The molecule has 37 heavy (non-hydrogen) atoms. The van der Waals surface area contributed by atoms with Crippen LogP contribution in [-0.4, -0.2) is 37.1 Å². The van der Waals surface area contributed by atoms with Crippen LogP contribution in [0.5, 0.6) is 0 Å². The Hall–Kier alpha value is -4.08. The molecule has 2 heterocycles. The third-order valence-corrected chi connectivity index (χ3v) is 6.96. The number of hydrazone groups is 1. The SMILES string of the molecule is C[C@H](Sc1nnc(CNc2ccc(Cl)cc2)n1-c1ccccc1)C(=O)NN=Cc1c[nH]c2ccccc12. The van der Waals surface area contributed by atoms with Crippen molar-refractivity contribution in [3.63, 3.8) is 0 Å². The average molecular weight is 530 g/mol. The van der Waals surface area contributed by atoms with E-state index in [0.29, 0.717) is 22.5 Å². The van der Waals surface area contributed by atoms with Crippen LogP contribution in [0.1, 0.15) is 18.3 Å². The summed E-state index contributed by atoms with van der Waals surface area (Å²) in [5.41, 5.74) is 6.38. The second kappa shape index (κ2) is 11.3. The van der Waals surface area contributed by atoms with E-state index >= 15 is 0 Å². The molecule has 3 aromatic carbocycles. The van der Waals surface area contributed by atoms with Crippen molar-refractivity contribution in [3.8, 4) is 5.69 Å².